The highest BCUT2D eigenvalue weighted by Crippen LogP contribution is 2.24. The summed E-state index contributed by atoms with van der Waals surface area (Å²) in [4.78, 5) is 25.0. The van der Waals surface area contributed by atoms with Crippen LogP contribution in [0.3, 0.4) is 0 Å². The molecule has 3 aromatic carbocycles. The van der Waals surface area contributed by atoms with Crippen LogP contribution in [0.25, 0.3) is 0 Å². The fraction of sp³-hybridized carbons (Fsp3) is 0.0500. The molecule has 0 saturated heterocycles. The number of anilines is 1. The molecule has 0 bridgehead atoms. The van der Waals surface area contributed by atoms with Gasteiger partial charge < -0.3 is 4.90 Å². The molecule has 3 aromatic rings. The summed E-state index contributed by atoms with van der Waals surface area (Å²) in [6.45, 7) is 0.234. The van der Waals surface area contributed by atoms with Crippen molar-refractivity contribution in [1.82, 2.24) is 0 Å². The maximum absolute atomic E-state index is 13.2. The molecule has 0 radical (unpaired) electrons. The Bertz CT molecular complexity index is 927. The van der Waals surface area contributed by atoms with E-state index in [1.165, 1.54) is 47.4 Å². The standard InChI is InChI=1S/C20H15FN2O3/c21-17-11-9-16(10-12-17)20(24)22(14-15-5-2-1-3-6-15)18-7-4-8-19(13-18)23(25)26/h1-13H,14H2. The third kappa shape index (κ3) is 3.92. The first-order valence-electron chi connectivity index (χ1n) is 7.90. The van der Waals surface area contributed by atoms with Crippen molar-refractivity contribution in [3.63, 3.8) is 0 Å². The van der Waals surface area contributed by atoms with Crippen LogP contribution in [0.1, 0.15) is 15.9 Å². The number of nitro benzene ring substituents is 1. The Morgan fingerprint density at radius 1 is 0.962 bits per heavy atom. The smallest absolute Gasteiger partial charge is 0.271 e. The Morgan fingerprint density at radius 3 is 2.31 bits per heavy atom. The van der Waals surface area contributed by atoms with Gasteiger partial charge in [-0.3, -0.25) is 14.9 Å². The number of nitrogens with zero attached hydrogens (tertiary/aromatic N) is 2. The maximum Gasteiger partial charge on any atom is 0.271 e. The Morgan fingerprint density at radius 2 is 1.65 bits per heavy atom. The van der Waals surface area contributed by atoms with Crippen molar-refractivity contribution >= 4 is 17.3 Å². The fourth-order valence-electron chi connectivity index (χ4n) is 2.57. The van der Waals surface area contributed by atoms with Gasteiger partial charge in [0.1, 0.15) is 5.82 Å². The highest BCUT2D eigenvalue weighted by atomic mass is 19.1. The Kier molecular flexibility index (Phi) is 5.03. The second-order valence-electron chi connectivity index (χ2n) is 5.66. The van der Waals surface area contributed by atoms with Crippen molar-refractivity contribution in [3.8, 4) is 0 Å². The molecule has 0 saturated carbocycles. The van der Waals surface area contributed by atoms with Crippen molar-refractivity contribution in [1.29, 1.82) is 0 Å². The average Bonchev–Trinajstić information content (AvgIpc) is 2.67. The van der Waals surface area contributed by atoms with Gasteiger partial charge in [0, 0.05) is 17.7 Å². The molecular weight excluding hydrogens is 335 g/mol. The Labute approximate surface area is 149 Å². The normalized spacial score (nSPS) is 10.3. The number of nitro groups is 1. The molecule has 0 fully saturated rings. The first-order chi connectivity index (χ1) is 12.5. The van der Waals surface area contributed by atoms with Crippen molar-refractivity contribution < 1.29 is 14.1 Å². The van der Waals surface area contributed by atoms with E-state index >= 15 is 0 Å². The average molecular weight is 350 g/mol. The van der Waals surface area contributed by atoms with Crippen molar-refractivity contribution in [2.45, 2.75) is 6.54 Å². The minimum atomic E-state index is -0.507. The second-order valence-corrected chi connectivity index (χ2v) is 5.66. The largest absolute Gasteiger partial charge is 0.304 e. The molecule has 0 aliphatic heterocycles. The van der Waals surface area contributed by atoms with Gasteiger partial charge in [-0.25, -0.2) is 4.39 Å². The maximum atomic E-state index is 13.2. The van der Waals surface area contributed by atoms with Gasteiger partial charge >= 0.3 is 0 Å². The molecule has 0 atom stereocenters. The first-order valence-corrected chi connectivity index (χ1v) is 7.90. The van der Waals surface area contributed by atoms with E-state index in [-0.39, 0.29) is 18.1 Å². The minimum Gasteiger partial charge on any atom is -0.304 e. The lowest BCUT2D eigenvalue weighted by Gasteiger charge is -2.23. The summed E-state index contributed by atoms with van der Waals surface area (Å²) in [7, 11) is 0. The molecule has 0 N–H and O–H groups in total. The van der Waals surface area contributed by atoms with E-state index in [4.69, 9.17) is 0 Å². The molecule has 5 nitrogen and oxygen atoms in total. The third-order valence-corrected chi connectivity index (χ3v) is 3.87. The van der Waals surface area contributed by atoms with Crippen molar-refractivity contribution in [2.24, 2.45) is 0 Å². The van der Waals surface area contributed by atoms with E-state index in [0.29, 0.717) is 11.3 Å². The number of carbonyl (C=O) groups excluding carboxylic acids is 1. The van der Waals surface area contributed by atoms with Crippen LogP contribution < -0.4 is 4.90 Å². The van der Waals surface area contributed by atoms with Crippen LogP contribution in [0.2, 0.25) is 0 Å². The van der Waals surface area contributed by atoms with Crippen LogP contribution in [-0.2, 0) is 6.54 Å². The van der Waals surface area contributed by atoms with Crippen molar-refractivity contribution in [2.75, 3.05) is 4.90 Å². The summed E-state index contributed by atoms with van der Waals surface area (Å²) in [6, 6.07) is 20.4. The molecule has 0 aliphatic carbocycles. The highest BCUT2D eigenvalue weighted by molar-refractivity contribution is 6.06. The zero-order chi connectivity index (χ0) is 18.5. The number of hydrogen-bond acceptors (Lipinski definition) is 3. The molecule has 130 valence electrons. The first kappa shape index (κ1) is 17.3. The Hall–Kier alpha value is -3.54. The van der Waals surface area contributed by atoms with Crippen LogP contribution >= 0.6 is 0 Å². The van der Waals surface area contributed by atoms with Crippen LogP contribution in [0, 0.1) is 15.9 Å². The lowest BCUT2D eigenvalue weighted by atomic mass is 10.1. The lowest BCUT2D eigenvalue weighted by Crippen LogP contribution is -2.30. The highest BCUT2D eigenvalue weighted by Gasteiger charge is 2.20. The van der Waals surface area contributed by atoms with Crippen LogP contribution in [0.4, 0.5) is 15.8 Å². The monoisotopic (exact) mass is 350 g/mol. The summed E-state index contributed by atoms with van der Waals surface area (Å²) in [5, 5.41) is 11.1. The number of halogens is 1. The van der Waals surface area contributed by atoms with E-state index in [0.717, 1.165) is 5.56 Å². The number of benzene rings is 3. The van der Waals surface area contributed by atoms with E-state index in [1.807, 2.05) is 30.3 Å². The molecule has 0 spiro atoms. The predicted molar refractivity (Wildman–Crippen MR) is 96.5 cm³/mol. The fourth-order valence-corrected chi connectivity index (χ4v) is 2.57. The number of amides is 1. The zero-order valence-corrected chi connectivity index (χ0v) is 13.7. The minimum absolute atomic E-state index is 0.104. The number of non-ortho nitro benzene ring substituents is 1. The number of carbonyl (C=O) groups is 1. The van der Waals surface area contributed by atoms with Crippen LogP contribution in [0.15, 0.2) is 78.9 Å². The molecule has 0 aromatic heterocycles. The third-order valence-electron chi connectivity index (χ3n) is 3.87. The van der Waals surface area contributed by atoms with E-state index in [9.17, 15) is 19.3 Å². The summed E-state index contributed by atoms with van der Waals surface area (Å²) >= 11 is 0. The SMILES string of the molecule is O=C(c1ccc(F)cc1)N(Cc1ccccc1)c1cccc([N+](=O)[O-])c1. The molecule has 1 amide bonds. The number of hydrogen-bond donors (Lipinski definition) is 0. The molecular formula is C20H15FN2O3. The van der Waals surface area contributed by atoms with Gasteiger partial charge in [-0.1, -0.05) is 36.4 Å². The number of rotatable bonds is 5. The summed E-state index contributed by atoms with van der Waals surface area (Å²) in [5.74, 6) is -0.805. The summed E-state index contributed by atoms with van der Waals surface area (Å²) in [5.41, 5.74) is 1.47. The molecule has 0 aliphatic rings. The van der Waals surface area contributed by atoms with Crippen molar-refractivity contribution in [3.05, 3.63) is 106 Å². The van der Waals surface area contributed by atoms with Gasteiger partial charge in [-0.2, -0.15) is 0 Å². The topological polar surface area (TPSA) is 63.5 Å². The quantitative estimate of drug-likeness (QED) is 0.500. The van der Waals surface area contributed by atoms with Gasteiger partial charge in [0.25, 0.3) is 11.6 Å². The summed E-state index contributed by atoms with van der Waals surface area (Å²) < 4.78 is 13.2. The second kappa shape index (κ2) is 7.57. The van der Waals surface area contributed by atoms with Crippen LogP contribution in [-0.4, -0.2) is 10.8 Å². The molecule has 3 rings (SSSR count). The van der Waals surface area contributed by atoms with Gasteiger partial charge in [0.2, 0.25) is 0 Å². The summed E-state index contributed by atoms with van der Waals surface area (Å²) in [6.07, 6.45) is 0. The Balaban J connectivity index is 2.01. The molecule has 26 heavy (non-hydrogen) atoms. The van der Waals surface area contributed by atoms with E-state index in [2.05, 4.69) is 0 Å². The van der Waals surface area contributed by atoms with Gasteiger partial charge in [0.15, 0.2) is 0 Å². The predicted octanol–water partition coefficient (Wildman–Crippen LogP) is 4.58. The molecule has 6 heteroatoms. The zero-order valence-electron chi connectivity index (χ0n) is 13.7. The van der Waals surface area contributed by atoms with E-state index in [1.54, 1.807) is 6.07 Å². The van der Waals surface area contributed by atoms with Gasteiger partial charge in [-0.15, -0.1) is 0 Å². The van der Waals surface area contributed by atoms with Crippen LogP contribution in [0.5, 0.6) is 0 Å². The molecule has 0 unspecified atom stereocenters. The lowest BCUT2D eigenvalue weighted by molar-refractivity contribution is -0.384. The van der Waals surface area contributed by atoms with Gasteiger partial charge in [-0.05, 0) is 35.9 Å². The molecule has 0 heterocycles. The van der Waals surface area contributed by atoms with Gasteiger partial charge in [0.05, 0.1) is 17.2 Å². The van der Waals surface area contributed by atoms with E-state index < -0.39 is 10.7 Å².